The number of nitrogens with two attached hydrogens (primary N) is 1. The monoisotopic (exact) mass is 208 g/mol. The second-order valence-corrected chi connectivity index (χ2v) is 3.12. The molecule has 1 aromatic rings. The summed E-state index contributed by atoms with van der Waals surface area (Å²) >= 11 is 0. The van der Waals surface area contributed by atoms with E-state index in [1.165, 1.54) is 6.92 Å². The van der Waals surface area contributed by atoms with Crippen LogP contribution in [0.25, 0.3) is 0 Å². The summed E-state index contributed by atoms with van der Waals surface area (Å²) in [5.41, 5.74) is 6.51. The molecule has 15 heavy (non-hydrogen) atoms. The molecule has 0 saturated heterocycles. The van der Waals surface area contributed by atoms with E-state index in [4.69, 9.17) is 10.8 Å². The van der Waals surface area contributed by atoms with Crippen LogP contribution < -0.4 is 11.1 Å². The predicted molar refractivity (Wildman–Crippen MR) is 55.3 cm³/mol. The molecule has 0 aromatic heterocycles. The van der Waals surface area contributed by atoms with Gasteiger partial charge < -0.3 is 16.2 Å². The van der Waals surface area contributed by atoms with Crippen LogP contribution in [0.1, 0.15) is 18.5 Å². The van der Waals surface area contributed by atoms with Gasteiger partial charge in [0, 0.05) is 12.6 Å². The molecule has 1 aromatic carbocycles. The number of carbonyl (C=O) groups excluding carboxylic acids is 1. The summed E-state index contributed by atoms with van der Waals surface area (Å²) in [7, 11) is 0. The molecular formula is C10H12N2O3. The van der Waals surface area contributed by atoms with Crippen LogP contribution in [0.15, 0.2) is 24.3 Å². The number of carbonyl (C=O) groups is 2. The Morgan fingerprint density at radius 3 is 2.27 bits per heavy atom. The molecule has 0 aliphatic heterocycles. The Morgan fingerprint density at radius 1 is 1.33 bits per heavy atom. The molecule has 1 atom stereocenters. The first-order chi connectivity index (χ1) is 7.00. The van der Waals surface area contributed by atoms with E-state index in [9.17, 15) is 9.59 Å². The second-order valence-electron chi connectivity index (χ2n) is 3.12. The van der Waals surface area contributed by atoms with Gasteiger partial charge in [-0.3, -0.25) is 9.59 Å². The van der Waals surface area contributed by atoms with Gasteiger partial charge in [-0.1, -0.05) is 12.1 Å². The minimum absolute atomic E-state index is 0.176. The first kappa shape index (κ1) is 11.2. The Labute approximate surface area is 86.9 Å². The molecule has 0 fully saturated rings. The zero-order valence-electron chi connectivity index (χ0n) is 8.23. The second kappa shape index (κ2) is 4.56. The third-order valence-corrected chi connectivity index (χ3v) is 1.86. The summed E-state index contributed by atoms with van der Waals surface area (Å²) in [6.07, 6.45) is 0. The van der Waals surface area contributed by atoms with E-state index in [-0.39, 0.29) is 5.91 Å². The topological polar surface area (TPSA) is 92.4 Å². The SMILES string of the molecule is CC(=O)Nc1ccc([C@H](N)C(=O)O)cc1. The number of carboxylic acids is 1. The number of nitrogens with one attached hydrogen (secondary N) is 1. The van der Waals surface area contributed by atoms with Crippen LogP contribution in [0.2, 0.25) is 0 Å². The van der Waals surface area contributed by atoms with Gasteiger partial charge in [0.1, 0.15) is 6.04 Å². The number of amides is 1. The van der Waals surface area contributed by atoms with Crippen LogP contribution in [0.3, 0.4) is 0 Å². The van der Waals surface area contributed by atoms with Gasteiger partial charge >= 0.3 is 5.97 Å². The minimum atomic E-state index is -1.08. The minimum Gasteiger partial charge on any atom is -0.480 e. The fourth-order valence-electron chi connectivity index (χ4n) is 1.12. The average molecular weight is 208 g/mol. The van der Waals surface area contributed by atoms with Crippen molar-refractivity contribution >= 4 is 17.6 Å². The number of aliphatic carboxylic acids is 1. The molecule has 0 aliphatic carbocycles. The van der Waals surface area contributed by atoms with Crippen LogP contribution in [-0.4, -0.2) is 17.0 Å². The lowest BCUT2D eigenvalue weighted by molar-refractivity contribution is -0.138. The van der Waals surface area contributed by atoms with Crippen molar-refractivity contribution < 1.29 is 14.7 Å². The summed E-state index contributed by atoms with van der Waals surface area (Å²) in [5.74, 6) is -1.26. The fraction of sp³-hybridized carbons (Fsp3) is 0.200. The first-order valence-corrected chi connectivity index (χ1v) is 4.36. The zero-order valence-corrected chi connectivity index (χ0v) is 8.23. The third kappa shape index (κ3) is 3.07. The highest BCUT2D eigenvalue weighted by molar-refractivity contribution is 5.88. The number of carboxylic acid groups (broad SMARTS) is 1. The number of hydrogen-bond acceptors (Lipinski definition) is 3. The zero-order chi connectivity index (χ0) is 11.4. The van der Waals surface area contributed by atoms with Crippen molar-refractivity contribution in [3.63, 3.8) is 0 Å². The fourth-order valence-corrected chi connectivity index (χ4v) is 1.12. The Balaban J connectivity index is 2.80. The molecule has 0 saturated carbocycles. The molecule has 0 aliphatic rings. The molecule has 80 valence electrons. The van der Waals surface area contributed by atoms with E-state index in [1.54, 1.807) is 24.3 Å². The van der Waals surface area contributed by atoms with Crippen LogP contribution >= 0.6 is 0 Å². The summed E-state index contributed by atoms with van der Waals surface area (Å²) < 4.78 is 0. The van der Waals surface area contributed by atoms with Gasteiger partial charge in [0.05, 0.1) is 0 Å². The summed E-state index contributed by atoms with van der Waals surface area (Å²) in [5, 5.41) is 11.2. The summed E-state index contributed by atoms with van der Waals surface area (Å²) in [4.78, 5) is 21.3. The van der Waals surface area contributed by atoms with E-state index >= 15 is 0 Å². The molecule has 0 spiro atoms. The molecule has 0 bridgehead atoms. The highest BCUT2D eigenvalue weighted by Gasteiger charge is 2.13. The molecule has 0 heterocycles. The Bertz CT molecular complexity index is 373. The van der Waals surface area contributed by atoms with E-state index in [1.807, 2.05) is 0 Å². The van der Waals surface area contributed by atoms with E-state index in [2.05, 4.69) is 5.32 Å². The normalized spacial score (nSPS) is 11.9. The van der Waals surface area contributed by atoms with Gasteiger partial charge in [-0.2, -0.15) is 0 Å². The van der Waals surface area contributed by atoms with E-state index in [0.717, 1.165) is 0 Å². The van der Waals surface area contributed by atoms with Crippen molar-refractivity contribution in [1.29, 1.82) is 0 Å². The lowest BCUT2D eigenvalue weighted by Gasteiger charge is -2.07. The maximum absolute atomic E-state index is 10.7. The van der Waals surface area contributed by atoms with Crippen molar-refractivity contribution in [2.24, 2.45) is 5.73 Å². The standard InChI is InChI=1S/C10H12N2O3/c1-6(13)12-8-4-2-7(3-5-8)9(11)10(14)15/h2-5,9H,11H2,1H3,(H,12,13)(H,14,15)/t9-/m0/s1. The van der Waals surface area contributed by atoms with Crippen molar-refractivity contribution in [2.45, 2.75) is 13.0 Å². The molecule has 5 nitrogen and oxygen atoms in total. The number of hydrogen-bond donors (Lipinski definition) is 3. The van der Waals surface area contributed by atoms with Crippen molar-refractivity contribution in [3.8, 4) is 0 Å². The summed E-state index contributed by atoms with van der Waals surface area (Å²) in [6.45, 7) is 1.40. The van der Waals surface area contributed by atoms with Crippen molar-refractivity contribution in [2.75, 3.05) is 5.32 Å². The van der Waals surface area contributed by atoms with Crippen LogP contribution in [0.4, 0.5) is 5.69 Å². The molecule has 0 radical (unpaired) electrons. The van der Waals surface area contributed by atoms with Crippen LogP contribution in [-0.2, 0) is 9.59 Å². The maximum atomic E-state index is 10.7. The molecule has 1 rings (SSSR count). The Hall–Kier alpha value is -1.88. The average Bonchev–Trinajstić information content (AvgIpc) is 2.17. The van der Waals surface area contributed by atoms with E-state index in [0.29, 0.717) is 11.3 Å². The quantitative estimate of drug-likeness (QED) is 0.682. The van der Waals surface area contributed by atoms with Gasteiger partial charge in [-0.15, -0.1) is 0 Å². The van der Waals surface area contributed by atoms with Gasteiger partial charge in [0.2, 0.25) is 5.91 Å². The van der Waals surface area contributed by atoms with Crippen LogP contribution in [0.5, 0.6) is 0 Å². The van der Waals surface area contributed by atoms with Gasteiger partial charge in [0.15, 0.2) is 0 Å². The molecule has 0 unspecified atom stereocenters. The highest BCUT2D eigenvalue weighted by atomic mass is 16.4. The largest absolute Gasteiger partial charge is 0.480 e. The smallest absolute Gasteiger partial charge is 0.325 e. The number of anilines is 1. The lowest BCUT2D eigenvalue weighted by atomic mass is 10.1. The van der Waals surface area contributed by atoms with Crippen LogP contribution in [0, 0.1) is 0 Å². The molecular weight excluding hydrogens is 196 g/mol. The molecule has 4 N–H and O–H groups in total. The van der Waals surface area contributed by atoms with Crippen molar-refractivity contribution in [1.82, 2.24) is 0 Å². The van der Waals surface area contributed by atoms with Gasteiger partial charge in [-0.25, -0.2) is 0 Å². The molecule has 5 heteroatoms. The summed E-state index contributed by atoms with van der Waals surface area (Å²) in [6, 6.07) is 5.34. The lowest BCUT2D eigenvalue weighted by Crippen LogP contribution is -2.20. The van der Waals surface area contributed by atoms with Crippen molar-refractivity contribution in [3.05, 3.63) is 29.8 Å². The first-order valence-electron chi connectivity index (χ1n) is 4.36. The Kier molecular flexibility index (Phi) is 3.41. The number of rotatable bonds is 3. The third-order valence-electron chi connectivity index (χ3n) is 1.86. The predicted octanol–water partition coefficient (Wildman–Crippen LogP) is 0.729. The number of benzene rings is 1. The van der Waals surface area contributed by atoms with Gasteiger partial charge in [-0.05, 0) is 17.7 Å². The van der Waals surface area contributed by atoms with E-state index < -0.39 is 12.0 Å². The van der Waals surface area contributed by atoms with Gasteiger partial charge in [0.25, 0.3) is 0 Å². The molecule has 1 amide bonds. The maximum Gasteiger partial charge on any atom is 0.325 e. The highest BCUT2D eigenvalue weighted by Crippen LogP contribution is 2.14. The Morgan fingerprint density at radius 2 is 1.87 bits per heavy atom.